The molecule has 0 fully saturated rings. The third-order valence-corrected chi connectivity index (χ3v) is 4.45. The van der Waals surface area contributed by atoms with Crippen molar-refractivity contribution in [2.45, 2.75) is 20.0 Å². The number of rotatable bonds is 5. The van der Waals surface area contributed by atoms with Crippen LogP contribution in [0.15, 0.2) is 60.9 Å². The molecule has 1 aromatic carbocycles. The molecule has 8 nitrogen and oxygen atoms in total. The van der Waals surface area contributed by atoms with E-state index in [9.17, 15) is 9.59 Å². The van der Waals surface area contributed by atoms with Crippen LogP contribution in [0.25, 0.3) is 22.4 Å². The van der Waals surface area contributed by atoms with Crippen LogP contribution < -0.4 is 5.32 Å². The average Bonchev–Trinajstić information content (AvgIpc) is 3.17. The Kier molecular flexibility index (Phi) is 5.21. The maximum atomic E-state index is 12.5. The Morgan fingerprint density at radius 2 is 1.97 bits per heavy atom. The summed E-state index contributed by atoms with van der Waals surface area (Å²) >= 11 is 0. The number of hydrogen-bond acceptors (Lipinski definition) is 6. The number of H-pyrrole nitrogens is 1. The van der Waals surface area contributed by atoms with Gasteiger partial charge >= 0.3 is 5.97 Å². The summed E-state index contributed by atoms with van der Waals surface area (Å²) in [6.45, 7) is 3.34. The molecule has 30 heavy (non-hydrogen) atoms. The van der Waals surface area contributed by atoms with Crippen LogP contribution >= 0.6 is 0 Å². The zero-order chi connectivity index (χ0) is 21.1. The molecule has 1 unspecified atom stereocenters. The van der Waals surface area contributed by atoms with Crippen molar-refractivity contribution in [3.8, 4) is 11.4 Å². The fraction of sp³-hybridized carbons (Fsp3) is 0.136. The van der Waals surface area contributed by atoms with Gasteiger partial charge in [-0.05, 0) is 56.3 Å². The van der Waals surface area contributed by atoms with E-state index >= 15 is 0 Å². The number of benzene rings is 1. The lowest BCUT2D eigenvalue weighted by atomic mass is 10.2. The zero-order valence-corrected chi connectivity index (χ0v) is 16.4. The van der Waals surface area contributed by atoms with Crippen LogP contribution in [0.5, 0.6) is 0 Å². The molecule has 4 rings (SSSR count). The smallest absolute Gasteiger partial charge is 0.338 e. The monoisotopic (exact) mass is 401 g/mol. The Hall–Kier alpha value is -4.07. The molecule has 4 aromatic rings. The van der Waals surface area contributed by atoms with E-state index in [1.807, 2.05) is 25.1 Å². The highest BCUT2D eigenvalue weighted by molar-refractivity contribution is 5.98. The van der Waals surface area contributed by atoms with E-state index in [-0.39, 0.29) is 0 Å². The Balaban J connectivity index is 1.46. The number of ether oxygens (including phenoxy) is 1. The summed E-state index contributed by atoms with van der Waals surface area (Å²) in [6, 6.07) is 14.0. The first-order valence-corrected chi connectivity index (χ1v) is 9.35. The van der Waals surface area contributed by atoms with Crippen molar-refractivity contribution in [1.29, 1.82) is 0 Å². The summed E-state index contributed by atoms with van der Waals surface area (Å²) < 4.78 is 5.32. The summed E-state index contributed by atoms with van der Waals surface area (Å²) in [5.74, 6) is 0.00365. The van der Waals surface area contributed by atoms with Crippen LogP contribution in [0.1, 0.15) is 23.0 Å². The third-order valence-electron chi connectivity index (χ3n) is 4.45. The molecule has 1 atom stereocenters. The van der Waals surface area contributed by atoms with Gasteiger partial charge in [0.05, 0.1) is 16.6 Å². The van der Waals surface area contributed by atoms with Gasteiger partial charge in [-0.25, -0.2) is 14.8 Å². The number of anilines is 1. The van der Waals surface area contributed by atoms with Gasteiger partial charge in [0.1, 0.15) is 11.6 Å². The summed E-state index contributed by atoms with van der Waals surface area (Å²) in [7, 11) is 0. The lowest BCUT2D eigenvalue weighted by Crippen LogP contribution is -2.30. The summed E-state index contributed by atoms with van der Waals surface area (Å²) in [4.78, 5) is 40.8. The van der Waals surface area contributed by atoms with Gasteiger partial charge in [-0.3, -0.25) is 9.78 Å². The predicted octanol–water partition coefficient (Wildman–Crippen LogP) is 3.51. The number of aryl methyl sites for hydroxylation is 1. The molecule has 0 spiro atoms. The Bertz CT molecular complexity index is 1220. The number of nitrogens with zero attached hydrogens (tertiary/aromatic N) is 3. The van der Waals surface area contributed by atoms with Crippen LogP contribution in [0.2, 0.25) is 0 Å². The maximum Gasteiger partial charge on any atom is 0.338 e. The fourth-order valence-electron chi connectivity index (χ4n) is 2.90. The van der Waals surface area contributed by atoms with E-state index in [0.717, 1.165) is 11.3 Å². The Morgan fingerprint density at radius 1 is 1.10 bits per heavy atom. The molecule has 2 N–H and O–H groups in total. The predicted molar refractivity (Wildman–Crippen MR) is 112 cm³/mol. The van der Waals surface area contributed by atoms with Gasteiger partial charge in [0.15, 0.2) is 6.10 Å². The van der Waals surface area contributed by atoms with E-state index in [0.29, 0.717) is 28.2 Å². The maximum absolute atomic E-state index is 12.5. The second-order valence-electron chi connectivity index (χ2n) is 6.76. The topological polar surface area (TPSA) is 110 Å². The molecule has 8 heteroatoms. The van der Waals surface area contributed by atoms with Crippen LogP contribution in [-0.2, 0) is 9.53 Å². The number of imidazole rings is 1. The molecule has 0 bridgehead atoms. The first kappa shape index (κ1) is 19.3. The van der Waals surface area contributed by atoms with Gasteiger partial charge in [-0.15, -0.1) is 0 Å². The number of aromatic nitrogens is 4. The number of esters is 1. The summed E-state index contributed by atoms with van der Waals surface area (Å²) in [5, 5.41) is 2.64. The van der Waals surface area contributed by atoms with Crippen molar-refractivity contribution in [3.63, 3.8) is 0 Å². The molecule has 3 heterocycles. The summed E-state index contributed by atoms with van der Waals surface area (Å²) in [5.41, 5.74) is 3.33. The second-order valence-corrected chi connectivity index (χ2v) is 6.76. The highest BCUT2D eigenvalue weighted by Gasteiger charge is 2.20. The quantitative estimate of drug-likeness (QED) is 0.495. The number of fused-ring (bicyclic) bond motifs is 1. The van der Waals surface area contributed by atoms with E-state index in [1.165, 1.54) is 6.92 Å². The first-order valence-electron chi connectivity index (χ1n) is 9.35. The number of carbonyl (C=O) groups is 2. The first-order chi connectivity index (χ1) is 14.5. The fourth-order valence-corrected chi connectivity index (χ4v) is 2.90. The van der Waals surface area contributed by atoms with Crippen LogP contribution in [0, 0.1) is 6.92 Å². The number of carbonyl (C=O) groups excluding carboxylic acids is 2. The van der Waals surface area contributed by atoms with Gasteiger partial charge in [0, 0.05) is 23.7 Å². The van der Waals surface area contributed by atoms with Crippen molar-refractivity contribution in [1.82, 2.24) is 19.9 Å². The van der Waals surface area contributed by atoms with Gasteiger partial charge in [-0.2, -0.15) is 0 Å². The molecule has 0 saturated carbocycles. The highest BCUT2D eigenvalue weighted by atomic mass is 16.5. The van der Waals surface area contributed by atoms with Crippen molar-refractivity contribution in [2.24, 2.45) is 0 Å². The molecule has 0 saturated heterocycles. The molecule has 0 aliphatic carbocycles. The minimum absolute atomic E-state index is 0.317. The number of aromatic amines is 1. The molecular formula is C22H19N5O3. The molecule has 0 aliphatic heterocycles. The Labute approximate surface area is 172 Å². The van der Waals surface area contributed by atoms with Crippen LogP contribution in [0.4, 0.5) is 5.82 Å². The normalized spacial score (nSPS) is 11.8. The molecule has 0 aliphatic rings. The number of hydrogen-bond donors (Lipinski definition) is 2. The van der Waals surface area contributed by atoms with E-state index in [1.54, 1.807) is 42.7 Å². The lowest BCUT2D eigenvalue weighted by molar-refractivity contribution is -0.123. The molecule has 1 amide bonds. The number of amides is 1. The zero-order valence-electron chi connectivity index (χ0n) is 16.4. The van der Waals surface area contributed by atoms with Crippen molar-refractivity contribution in [3.05, 3.63) is 72.2 Å². The van der Waals surface area contributed by atoms with Crippen molar-refractivity contribution in [2.75, 3.05) is 5.32 Å². The van der Waals surface area contributed by atoms with Gasteiger partial charge in [0.25, 0.3) is 5.91 Å². The highest BCUT2D eigenvalue weighted by Crippen LogP contribution is 2.21. The molecule has 3 aromatic heterocycles. The molecular weight excluding hydrogens is 382 g/mol. The van der Waals surface area contributed by atoms with Crippen molar-refractivity contribution >= 4 is 28.7 Å². The minimum Gasteiger partial charge on any atom is -0.449 e. The van der Waals surface area contributed by atoms with Crippen LogP contribution in [-0.4, -0.2) is 37.9 Å². The van der Waals surface area contributed by atoms with Crippen molar-refractivity contribution < 1.29 is 14.3 Å². The number of pyridine rings is 2. The molecule has 150 valence electrons. The lowest BCUT2D eigenvalue weighted by Gasteiger charge is -2.13. The standard InChI is InChI=1S/C22H19N5O3/c1-13-5-3-7-19(24-13)27-21(28)14(2)30-22(29)15-8-9-17-18(11-15)26-20(25-17)16-6-4-10-23-12-16/h3-12,14H,1-2H3,(H,25,26)(H,24,27,28). The SMILES string of the molecule is Cc1cccc(NC(=O)C(C)OC(=O)c2ccc3nc(-c4cccnc4)[nH]c3c2)n1. The number of nitrogens with one attached hydrogen (secondary N) is 2. The van der Waals surface area contributed by atoms with E-state index in [2.05, 4.69) is 25.3 Å². The van der Waals surface area contributed by atoms with E-state index in [4.69, 9.17) is 4.74 Å². The average molecular weight is 401 g/mol. The minimum atomic E-state index is -0.983. The van der Waals surface area contributed by atoms with Gasteiger partial charge < -0.3 is 15.0 Å². The van der Waals surface area contributed by atoms with E-state index < -0.39 is 18.0 Å². The van der Waals surface area contributed by atoms with Crippen LogP contribution in [0.3, 0.4) is 0 Å². The summed E-state index contributed by atoms with van der Waals surface area (Å²) in [6.07, 6.45) is 2.41. The molecule has 0 radical (unpaired) electrons. The largest absolute Gasteiger partial charge is 0.449 e. The third kappa shape index (κ3) is 4.17. The van der Waals surface area contributed by atoms with Gasteiger partial charge in [0.2, 0.25) is 0 Å². The second kappa shape index (κ2) is 8.12. The Morgan fingerprint density at radius 3 is 2.73 bits per heavy atom. The van der Waals surface area contributed by atoms with Gasteiger partial charge in [-0.1, -0.05) is 6.07 Å².